The second-order valence-electron chi connectivity index (χ2n) is 4.88. The molecule has 1 atom stereocenters. The van der Waals surface area contributed by atoms with Crippen LogP contribution in [0.25, 0.3) is 0 Å². The summed E-state index contributed by atoms with van der Waals surface area (Å²) in [5.41, 5.74) is 0. The van der Waals surface area contributed by atoms with Gasteiger partial charge in [0.15, 0.2) is 0 Å². The minimum absolute atomic E-state index is 0.0133. The van der Waals surface area contributed by atoms with Crippen LogP contribution in [0, 0.1) is 11.8 Å². The van der Waals surface area contributed by atoms with E-state index >= 15 is 0 Å². The second kappa shape index (κ2) is 6.85. The van der Waals surface area contributed by atoms with Crippen LogP contribution in [0.15, 0.2) is 0 Å². The van der Waals surface area contributed by atoms with Gasteiger partial charge in [0.2, 0.25) is 0 Å². The minimum Gasteiger partial charge on any atom is -0.481 e. The van der Waals surface area contributed by atoms with Crippen molar-refractivity contribution < 1.29 is 36.6 Å². The summed E-state index contributed by atoms with van der Waals surface area (Å²) < 4.78 is 61.1. The number of carbonyl (C=O) groups excluding carboxylic acids is 1. The van der Waals surface area contributed by atoms with E-state index in [1.807, 2.05) is 0 Å². The molecule has 0 spiro atoms. The number of rotatable bonds is 7. The maximum atomic E-state index is 12.6. The molecule has 0 saturated heterocycles. The van der Waals surface area contributed by atoms with Crippen molar-refractivity contribution in [3.63, 3.8) is 0 Å². The summed E-state index contributed by atoms with van der Waals surface area (Å²) in [6.07, 6.45) is -6.11. The Morgan fingerprint density at radius 3 is 2.00 bits per heavy atom. The van der Waals surface area contributed by atoms with Crippen LogP contribution in [0.2, 0.25) is 0 Å². The highest BCUT2D eigenvalue weighted by atomic mass is 19.4. The molecule has 0 heterocycles. The Hall–Kier alpha value is -1.41. The first-order valence-electron chi connectivity index (χ1n) is 5.82. The van der Waals surface area contributed by atoms with E-state index in [0.29, 0.717) is 0 Å². The largest absolute Gasteiger partial charge is 0.481 e. The van der Waals surface area contributed by atoms with Gasteiger partial charge in [-0.3, -0.25) is 9.59 Å². The molecule has 0 aliphatic carbocycles. The maximum absolute atomic E-state index is 12.6. The van der Waals surface area contributed by atoms with E-state index in [-0.39, 0.29) is 12.3 Å². The van der Waals surface area contributed by atoms with Crippen molar-refractivity contribution in [2.45, 2.75) is 38.8 Å². The molecule has 0 radical (unpaired) electrons. The Morgan fingerprint density at radius 1 is 1.15 bits per heavy atom. The summed E-state index contributed by atoms with van der Waals surface area (Å²) >= 11 is 0. The molecule has 118 valence electrons. The zero-order valence-corrected chi connectivity index (χ0v) is 10.9. The van der Waals surface area contributed by atoms with Gasteiger partial charge in [0, 0.05) is 13.0 Å². The van der Waals surface area contributed by atoms with Gasteiger partial charge in [0.25, 0.3) is 5.91 Å². The van der Waals surface area contributed by atoms with Crippen molar-refractivity contribution in [1.29, 1.82) is 0 Å². The van der Waals surface area contributed by atoms with E-state index < -0.39 is 42.9 Å². The van der Waals surface area contributed by atoms with Gasteiger partial charge in [0.05, 0.1) is 0 Å². The van der Waals surface area contributed by atoms with Crippen LogP contribution < -0.4 is 5.32 Å². The lowest BCUT2D eigenvalue weighted by Crippen LogP contribution is -2.51. The topological polar surface area (TPSA) is 66.4 Å². The summed E-state index contributed by atoms with van der Waals surface area (Å²) in [7, 11) is 0. The maximum Gasteiger partial charge on any atom is 0.463 e. The van der Waals surface area contributed by atoms with E-state index in [2.05, 4.69) is 0 Å². The van der Waals surface area contributed by atoms with Gasteiger partial charge in [-0.15, -0.1) is 0 Å². The Morgan fingerprint density at radius 2 is 1.65 bits per heavy atom. The van der Waals surface area contributed by atoms with E-state index in [9.17, 15) is 31.5 Å². The predicted octanol–water partition coefficient (Wildman–Crippen LogP) is 2.44. The zero-order valence-electron chi connectivity index (χ0n) is 10.9. The van der Waals surface area contributed by atoms with Gasteiger partial charge in [-0.1, -0.05) is 13.8 Å². The summed E-state index contributed by atoms with van der Waals surface area (Å²) in [6.45, 7) is 2.93. The molecule has 9 heteroatoms. The first-order chi connectivity index (χ1) is 8.87. The molecule has 0 saturated carbocycles. The lowest BCUT2D eigenvalue weighted by atomic mass is 9.94. The first-order valence-corrected chi connectivity index (χ1v) is 5.82. The van der Waals surface area contributed by atoms with Gasteiger partial charge < -0.3 is 10.4 Å². The number of hydrogen-bond donors (Lipinski definition) is 2. The fourth-order valence-corrected chi connectivity index (χ4v) is 1.63. The number of amides is 1. The van der Waals surface area contributed by atoms with Gasteiger partial charge >= 0.3 is 18.1 Å². The van der Waals surface area contributed by atoms with Crippen molar-refractivity contribution >= 4 is 11.9 Å². The normalized spacial score (nSPS) is 14.2. The average Bonchev–Trinajstić information content (AvgIpc) is 2.21. The monoisotopic (exact) mass is 305 g/mol. The number of halogens is 5. The summed E-state index contributed by atoms with van der Waals surface area (Å²) in [6, 6.07) is 0. The van der Waals surface area contributed by atoms with Crippen LogP contribution >= 0.6 is 0 Å². The lowest BCUT2D eigenvalue weighted by Gasteiger charge is -2.22. The van der Waals surface area contributed by atoms with Gasteiger partial charge in [-0.25, -0.2) is 0 Å². The number of alkyl halides is 5. The number of aliphatic carboxylic acids is 1. The quantitative estimate of drug-likeness (QED) is 0.710. The Balaban J connectivity index is 4.62. The molecule has 0 aromatic heterocycles. The highest BCUT2D eigenvalue weighted by molar-refractivity contribution is 5.84. The molecule has 0 aromatic carbocycles. The van der Waals surface area contributed by atoms with Crippen LogP contribution in [-0.4, -0.2) is 35.6 Å². The summed E-state index contributed by atoms with van der Waals surface area (Å²) in [5, 5.41) is 10.1. The zero-order chi connectivity index (χ0) is 16.1. The van der Waals surface area contributed by atoms with Gasteiger partial charge in [-0.05, 0) is 18.3 Å². The molecule has 0 bridgehead atoms. The molecule has 0 aliphatic rings. The molecule has 1 amide bonds. The highest BCUT2D eigenvalue weighted by Crippen LogP contribution is 2.35. The van der Waals surface area contributed by atoms with E-state index in [1.165, 1.54) is 5.32 Å². The van der Waals surface area contributed by atoms with Crippen LogP contribution in [-0.2, 0) is 9.59 Å². The van der Waals surface area contributed by atoms with Gasteiger partial charge in [-0.2, -0.15) is 22.0 Å². The van der Waals surface area contributed by atoms with Crippen molar-refractivity contribution in [2.75, 3.05) is 6.54 Å². The molecular formula is C11H16F5NO3. The summed E-state index contributed by atoms with van der Waals surface area (Å²) in [5.74, 6) is -9.87. The molecular weight excluding hydrogens is 289 g/mol. The van der Waals surface area contributed by atoms with Crippen molar-refractivity contribution in [3.8, 4) is 0 Å². The van der Waals surface area contributed by atoms with Crippen LogP contribution in [0.4, 0.5) is 22.0 Å². The third-order valence-corrected chi connectivity index (χ3v) is 2.46. The number of carboxylic acid groups (broad SMARTS) is 1. The minimum atomic E-state index is -5.97. The third-order valence-electron chi connectivity index (χ3n) is 2.46. The fraction of sp³-hybridized carbons (Fsp3) is 0.818. The fourth-order valence-electron chi connectivity index (χ4n) is 1.63. The predicted molar refractivity (Wildman–Crippen MR) is 59.2 cm³/mol. The third kappa shape index (κ3) is 5.70. The second-order valence-corrected chi connectivity index (χ2v) is 4.88. The van der Waals surface area contributed by atoms with E-state index in [0.717, 1.165) is 0 Å². The van der Waals surface area contributed by atoms with Crippen molar-refractivity contribution in [1.82, 2.24) is 5.32 Å². The first kappa shape index (κ1) is 18.6. The van der Waals surface area contributed by atoms with E-state index in [1.54, 1.807) is 13.8 Å². The molecule has 0 fully saturated rings. The van der Waals surface area contributed by atoms with Gasteiger partial charge in [0.1, 0.15) is 0 Å². The molecule has 0 unspecified atom stereocenters. The Labute approximate surface area is 112 Å². The molecule has 4 nitrogen and oxygen atoms in total. The van der Waals surface area contributed by atoms with E-state index in [4.69, 9.17) is 5.11 Å². The molecule has 2 N–H and O–H groups in total. The van der Waals surface area contributed by atoms with Crippen LogP contribution in [0.1, 0.15) is 26.7 Å². The van der Waals surface area contributed by atoms with Crippen molar-refractivity contribution in [3.05, 3.63) is 0 Å². The standard InChI is InChI=1S/C11H16F5NO3/c1-6(2)3-7(4-8(18)19)5-17-9(20)10(12,13)11(14,15)16/h6-7H,3-5H2,1-2H3,(H,17,20)(H,18,19)/t7-/m0/s1. The van der Waals surface area contributed by atoms with Crippen LogP contribution in [0.5, 0.6) is 0 Å². The average molecular weight is 305 g/mol. The highest BCUT2D eigenvalue weighted by Gasteiger charge is 2.63. The number of carbonyl (C=O) groups is 2. The smallest absolute Gasteiger partial charge is 0.463 e. The molecule has 0 rings (SSSR count). The molecule has 0 aliphatic heterocycles. The number of nitrogens with one attached hydrogen (secondary N) is 1. The van der Waals surface area contributed by atoms with Crippen LogP contribution in [0.3, 0.4) is 0 Å². The molecule has 20 heavy (non-hydrogen) atoms. The SMILES string of the molecule is CC(C)C[C@H](CNC(=O)C(F)(F)C(F)(F)F)CC(=O)O. The lowest BCUT2D eigenvalue weighted by molar-refractivity contribution is -0.269. The van der Waals surface area contributed by atoms with Crippen molar-refractivity contribution in [2.24, 2.45) is 11.8 Å². The summed E-state index contributed by atoms with van der Waals surface area (Å²) in [4.78, 5) is 21.4. The Kier molecular flexibility index (Phi) is 6.36. The number of hydrogen-bond acceptors (Lipinski definition) is 2. The number of carboxylic acids is 1. The molecule has 0 aromatic rings. The Bertz CT molecular complexity index is 354.